The van der Waals surface area contributed by atoms with Crippen LogP contribution in [0.4, 0.5) is 5.69 Å². The Balaban J connectivity index is 2.07. The molecule has 0 aliphatic rings. The molecule has 0 saturated heterocycles. The zero-order valence-corrected chi connectivity index (χ0v) is 16.6. The number of carbonyl (C=O) groups excluding carboxylic acids is 2. The van der Waals surface area contributed by atoms with Crippen LogP contribution in [0.3, 0.4) is 0 Å². The van der Waals surface area contributed by atoms with E-state index in [1.165, 1.54) is 0 Å². The molecule has 0 heterocycles. The monoisotopic (exact) mass is 379 g/mol. The number of carbonyl (C=O) groups is 2. The summed E-state index contributed by atoms with van der Waals surface area (Å²) in [4.78, 5) is 23.4. The van der Waals surface area contributed by atoms with Crippen molar-refractivity contribution >= 4 is 17.6 Å². The lowest BCUT2D eigenvalue weighted by Gasteiger charge is -2.08. The van der Waals surface area contributed by atoms with Gasteiger partial charge in [0.2, 0.25) is 0 Å². The van der Waals surface area contributed by atoms with Crippen LogP contribution in [0.2, 0.25) is 0 Å². The lowest BCUT2D eigenvalue weighted by Crippen LogP contribution is -2.14. The van der Waals surface area contributed by atoms with Crippen molar-refractivity contribution in [1.82, 2.24) is 0 Å². The molecule has 0 unspecified atom stereocenters. The Morgan fingerprint density at radius 1 is 0.852 bits per heavy atom. The highest BCUT2D eigenvalue weighted by molar-refractivity contribution is 5.89. The molecule has 0 fully saturated rings. The standard InChI is InChI=1S/C21H33NO5/c1-3-5-7-8-20(23)26-16-14-25-15-17-27-21(24)18-9-11-19(12-10-18)22-13-6-4-2/h9-12,22H,3-8,13-17H2,1-2H3. The van der Waals surface area contributed by atoms with Gasteiger partial charge in [0.05, 0.1) is 18.8 Å². The predicted octanol–water partition coefficient (Wildman–Crippen LogP) is 4.20. The van der Waals surface area contributed by atoms with Crippen molar-refractivity contribution in [2.45, 2.75) is 52.4 Å². The van der Waals surface area contributed by atoms with Crippen LogP contribution in [-0.4, -0.2) is 44.9 Å². The summed E-state index contributed by atoms with van der Waals surface area (Å²) < 4.78 is 15.5. The Morgan fingerprint density at radius 3 is 2.19 bits per heavy atom. The van der Waals surface area contributed by atoms with Crippen LogP contribution >= 0.6 is 0 Å². The van der Waals surface area contributed by atoms with E-state index in [1.807, 2.05) is 12.1 Å². The van der Waals surface area contributed by atoms with E-state index in [0.29, 0.717) is 18.6 Å². The van der Waals surface area contributed by atoms with E-state index in [0.717, 1.165) is 44.3 Å². The van der Waals surface area contributed by atoms with Gasteiger partial charge in [-0.2, -0.15) is 0 Å². The number of nitrogens with one attached hydrogen (secondary N) is 1. The van der Waals surface area contributed by atoms with Gasteiger partial charge in [0.15, 0.2) is 0 Å². The largest absolute Gasteiger partial charge is 0.463 e. The summed E-state index contributed by atoms with van der Waals surface area (Å²) in [7, 11) is 0. The Morgan fingerprint density at radius 2 is 1.52 bits per heavy atom. The predicted molar refractivity (Wildman–Crippen MR) is 106 cm³/mol. The first kappa shape index (κ1) is 23.0. The van der Waals surface area contributed by atoms with Crippen molar-refractivity contribution < 1.29 is 23.8 Å². The summed E-state index contributed by atoms with van der Waals surface area (Å²) >= 11 is 0. The zero-order chi connectivity index (χ0) is 19.7. The second kappa shape index (κ2) is 15.0. The van der Waals surface area contributed by atoms with E-state index in [9.17, 15) is 9.59 Å². The van der Waals surface area contributed by atoms with Gasteiger partial charge in [-0.3, -0.25) is 4.79 Å². The molecular weight excluding hydrogens is 346 g/mol. The summed E-state index contributed by atoms with van der Waals surface area (Å²) in [5.41, 5.74) is 1.50. The Bertz CT molecular complexity index is 530. The highest BCUT2D eigenvalue weighted by Crippen LogP contribution is 2.10. The van der Waals surface area contributed by atoms with E-state index in [4.69, 9.17) is 14.2 Å². The van der Waals surface area contributed by atoms with Gasteiger partial charge in [-0.05, 0) is 37.1 Å². The molecule has 27 heavy (non-hydrogen) atoms. The number of unbranched alkanes of at least 4 members (excludes halogenated alkanes) is 3. The lowest BCUT2D eigenvalue weighted by atomic mass is 10.2. The maximum atomic E-state index is 12.0. The number of esters is 2. The molecule has 152 valence electrons. The van der Waals surface area contributed by atoms with Gasteiger partial charge in [0.25, 0.3) is 0 Å². The molecule has 0 bridgehead atoms. The van der Waals surface area contributed by atoms with Crippen LogP contribution in [0, 0.1) is 0 Å². The van der Waals surface area contributed by atoms with Gasteiger partial charge in [0.1, 0.15) is 13.2 Å². The summed E-state index contributed by atoms with van der Waals surface area (Å²) in [6.07, 6.45) is 5.69. The molecule has 0 aliphatic heterocycles. The maximum absolute atomic E-state index is 12.0. The quantitative estimate of drug-likeness (QED) is 0.364. The Hall–Kier alpha value is -2.08. The normalized spacial score (nSPS) is 10.4. The number of benzene rings is 1. The van der Waals surface area contributed by atoms with Gasteiger partial charge in [-0.25, -0.2) is 4.79 Å². The number of hydrogen-bond acceptors (Lipinski definition) is 6. The molecule has 6 nitrogen and oxygen atoms in total. The first-order valence-corrected chi connectivity index (χ1v) is 9.91. The zero-order valence-electron chi connectivity index (χ0n) is 16.6. The number of rotatable bonds is 15. The van der Waals surface area contributed by atoms with Gasteiger partial charge in [-0.15, -0.1) is 0 Å². The van der Waals surface area contributed by atoms with Crippen LogP contribution in [-0.2, 0) is 19.0 Å². The lowest BCUT2D eigenvalue weighted by molar-refractivity contribution is -0.145. The van der Waals surface area contributed by atoms with E-state index >= 15 is 0 Å². The van der Waals surface area contributed by atoms with E-state index in [1.54, 1.807) is 12.1 Å². The van der Waals surface area contributed by atoms with Crippen molar-refractivity contribution in [3.63, 3.8) is 0 Å². The number of anilines is 1. The first-order chi connectivity index (χ1) is 13.2. The second-order valence-corrected chi connectivity index (χ2v) is 6.28. The van der Waals surface area contributed by atoms with E-state index < -0.39 is 0 Å². The fourth-order valence-electron chi connectivity index (χ4n) is 2.32. The molecule has 0 aliphatic carbocycles. The fourth-order valence-corrected chi connectivity index (χ4v) is 2.32. The maximum Gasteiger partial charge on any atom is 0.338 e. The minimum atomic E-state index is -0.374. The van der Waals surface area contributed by atoms with Gasteiger partial charge in [-0.1, -0.05) is 33.1 Å². The minimum absolute atomic E-state index is 0.166. The van der Waals surface area contributed by atoms with Crippen molar-refractivity contribution in [2.75, 3.05) is 38.3 Å². The topological polar surface area (TPSA) is 73.9 Å². The molecule has 0 radical (unpaired) electrons. The Kier molecular flexibility index (Phi) is 12.8. The molecular formula is C21H33NO5. The van der Waals surface area contributed by atoms with Crippen molar-refractivity contribution in [1.29, 1.82) is 0 Å². The molecule has 0 aromatic heterocycles. The van der Waals surface area contributed by atoms with E-state index in [-0.39, 0.29) is 31.8 Å². The molecule has 1 aromatic rings. The van der Waals surface area contributed by atoms with Crippen molar-refractivity contribution in [2.24, 2.45) is 0 Å². The molecule has 0 atom stereocenters. The average Bonchev–Trinajstić information content (AvgIpc) is 2.68. The number of ether oxygens (including phenoxy) is 3. The third-order valence-corrected chi connectivity index (χ3v) is 3.92. The van der Waals surface area contributed by atoms with Gasteiger partial charge in [0, 0.05) is 18.7 Å². The molecule has 0 amide bonds. The summed E-state index contributed by atoms with van der Waals surface area (Å²) in [5.74, 6) is -0.563. The third-order valence-electron chi connectivity index (χ3n) is 3.92. The minimum Gasteiger partial charge on any atom is -0.463 e. The van der Waals surface area contributed by atoms with E-state index in [2.05, 4.69) is 19.2 Å². The average molecular weight is 379 g/mol. The highest BCUT2D eigenvalue weighted by atomic mass is 16.6. The van der Waals surface area contributed by atoms with Crippen molar-refractivity contribution in [3.05, 3.63) is 29.8 Å². The van der Waals surface area contributed by atoms with Gasteiger partial charge >= 0.3 is 11.9 Å². The van der Waals surface area contributed by atoms with Crippen LogP contribution in [0.1, 0.15) is 62.7 Å². The molecule has 1 rings (SSSR count). The van der Waals surface area contributed by atoms with Crippen LogP contribution in [0.15, 0.2) is 24.3 Å². The third kappa shape index (κ3) is 11.3. The van der Waals surface area contributed by atoms with Crippen molar-refractivity contribution in [3.8, 4) is 0 Å². The number of hydrogen-bond donors (Lipinski definition) is 1. The smallest absolute Gasteiger partial charge is 0.338 e. The highest BCUT2D eigenvalue weighted by Gasteiger charge is 2.07. The fraction of sp³-hybridized carbons (Fsp3) is 0.619. The molecule has 1 aromatic carbocycles. The Labute approximate surface area is 162 Å². The molecule has 0 spiro atoms. The SMILES string of the molecule is CCCCCC(=O)OCCOCCOC(=O)c1ccc(NCCCC)cc1. The van der Waals surface area contributed by atoms with Crippen LogP contribution in [0.25, 0.3) is 0 Å². The molecule has 6 heteroatoms. The van der Waals surface area contributed by atoms with Crippen LogP contribution < -0.4 is 5.32 Å². The van der Waals surface area contributed by atoms with Crippen LogP contribution in [0.5, 0.6) is 0 Å². The summed E-state index contributed by atoms with van der Waals surface area (Å²) in [6, 6.07) is 7.24. The second-order valence-electron chi connectivity index (χ2n) is 6.28. The van der Waals surface area contributed by atoms with Gasteiger partial charge < -0.3 is 19.5 Å². The summed E-state index contributed by atoms with van der Waals surface area (Å²) in [6.45, 7) is 6.13. The molecule has 1 N–H and O–H groups in total. The first-order valence-electron chi connectivity index (χ1n) is 9.91. The summed E-state index contributed by atoms with van der Waals surface area (Å²) in [5, 5.41) is 3.30. The molecule has 0 saturated carbocycles.